The molecule has 0 spiro atoms. The number of carbonyl (C=O) groups is 1. The number of rotatable bonds is 2. The standard InChI is InChI=1S/C22H19N5O2S/c1-22(2,3)29-21(28)26(16-8-5-4-6-9-16)20-24-15-18(30-20)12-11-17-14-23-19-10-7-13-25-27(17)19/h4-10,13-15H,1-3H3. The molecule has 0 aliphatic heterocycles. The molecule has 0 aliphatic carbocycles. The van der Waals surface area contributed by atoms with E-state index in [1.165, 1.54) is 16.2 Å². The molecule has 3 aromatic heterocycles. The van der Waals surface area contributed by atoms with Crippen molar-refractivity contribution in [2.24, 2.45) is 0 Å². The Bertz CT molecular complexity index is 1250. The van der Waals surface area contributed by atoms with Gasteiger partial charge in [0.05, 0.1) is 23.0 Å². The lowest BCUT2D eigenvalue weighted by Crippen LogP contribution is -2.33. The molecule has 4 rings (SSSR count). The highest BCUT2D eigenvalue weighted by atomic mass is 32.1. The molecule has 0 radical (unpaired) electrons. The van der Waals surface area contributed by atoms with Crippen LogP contribution in [0.15, 0.2) is 61.1 Å². The highest BCUT2D eigenvalue weighted by Gasteiger charge is 2.26. The van der Waals surface area contributed by atoms with Gasteiger partial charge in [0, 0.05) is 6.20 Å². The first-order chi connectivity index (χ1) is 14.4. The number of aromatic nitrogens is 4. The molecule has 0 N–H and O–H groups in total. The van der Waals surface area contributed by atoms with Gasteiger partial charge in [-0.1, -0.05) is 29.5 Å². The lowest BCUT2D eigenvalue weighted by atomic mass is 10.2. The number of thiazole rings is 1. The summed E-state index contributed by atoms with van der Waals surface area (Å²) in [5.74, 6) is 6.15. The molecule has 0 saturated heterocycles. The second-order valence-corrected chi connectivity index (χ2v) is 8.35. The maximum atomic E-state index is 12.9. The molecule has 1 aromatic carbocycles. The number of ether oxygens (including phenoxy) is 1. The summed E-state index contributed by atoms with van der Waals surface area (Å²) in [6.45, 7) is 5.49. The number of fused-ring (bicyclic) bond motifs is 1. The normalized spacial score (nSPS) is 11.0. The van der Waals surface area contributed by atoms with Crippen molar-refractivity contribution in [3.8, 4) is 11.8 Å². The topological polar surface area (TPSA) is 72.6 Å². The van der Waals surface area contributed by atoms with Crippen LogP contribution in [0.3, 0.4) is 0 Å². The van der Waals surface area contributed by atoms with Gasteiger partial charge in [-0.05, 0) is 56.9 Å². The van der Waals surface area contributed by atoms with Crippen molar-refractivity contribution in [3.63, 3.8) is 0 Å². The highest BCUT2D eigenvalue weighted by molar-refractivity contribution is 7.16. The van der Waals surface area contributed by atoms with Gasteiger partial charge < -0.3 is 4.74 Å². The third-order valence-corrected chi connectivity index (χ3v) is 4.76. The number of nitrogens with zero attached hydrogens (tertiary/aromatic N) is 5. The highest BCUT2D eigenvalue weighted by Crippen LogP contribution is 2.31. The SMILES string of the molecule is CC(C)(C)OC(=O)N(c1ccccc1)c1ncc(C#Cc2cnc3cccnn23)s1. The third-order valence-electron chi connectivity index (χ3n) is 3.87. The van der Waals surface area contributed by atoms with E-state index in [-0.39, 0.29) is 0 Å². The Kier molecular flexibility index (Phi) is 5.21. The van der Waals surface area contributed by atoms with E-state index in [0.29, 0.717) is 21.4 Å². The fourth-order valence-corrected chi connectivity index (χ4v) is 3.43. The number of carbonyl (C=O) groups excluding carboxylic acids is 1. The van der Waals surface area contributed by atoms with Crippen molar-refractivity contribution in [2.45, 2.75) is 26.4 Å². The maximum absolute atomic E-state index is 12.9. The van der Waals surface area contributed by atoms with Crippen molar-refractivity contribution < 1.29 is 9.53 Å². The van der Waals surface area contributed by atoms with Crippen LogP contribution in [0.25, 0.3) is 5.65 Å². The van der Waals surface area contributed by atoms with Gasteiger partial charge in [-0.3, -0.25) is 0 Å². The number of para-hydroxylation sites is 1. The van der Waals surface area contributed by atoms with E-state index in [1.54, 1.807) is 23.1 Å². The monoisotopic (exact) mass is 417 g/mol. The predicted molar refractivity (Wildman–Crippen MR) is 116 cm³/mol. The van der Waals surface area contributed by atoms with Crippen LogP contribution in [0.5, 0.6) is 0 Å². The zero-order chi connectivity index (χ0) is 21.1. The van der Waals surface area contributed by atoms with Gasteiger partial charge in [-0.15, -0.1) is 0 Å². The summed E-state index contributed by atoms with van der Waals surface area (Å²) in [7, 11) is 0. The van der Waals surface area contributed by atoms with Crippen molar-refractivity contribution in [1.29, 1.82) is 0 Å². The number of benzene rings is 1. The molecular weight excluding hydrogens is 398 g/mol. The van der Waals surface area contributed by atoms with Gasteiger partial charge >= 0.3 is 6.09 Å². The first kappa shape index (κ1) is 19.6. The molecule has 0 aliphatic rings. The summed E-state index contributed by atoms with van der Waals surface area (Å²) in [5.41, 5.74) is 1.45. The van der Waals surface area contributed by atoms with E-state index in [4.69, 9.17) is 4.74 Å². The third kappa shape index (κ3) is 4.31. The van der Waals surface area contributed by atoms with E-state index >= 15 is 0 Å². The Morgan fingerprint density at radius 1 is 1.07 bits per heavy atom. The summed E-state index contributed by atoms with van der Waals surface area (Å²) in [6, 6.07) is 13.0. The molecule has 0 fully saturated rings. The van der Waals surface area contributed by atoms with E-state index in [9.17, 15) is 4.79 Å². The van der Waals surface area contributed by atoms with Crippen molar-refractivity contribution >= 4 is 33.9 Å². The Labute approximate surface area is 178 Å². The molecule has 8 heteroatoms. The molecule has 7 nitrogen and oxygen atoms in total. The Morgan fingerprint density at radius 3 is 2.63 bits per heavy atom. The van der Waals surface area contributed by atoms with Gasteiger partial charge in [0.1, 0.15) is 11.3 Å². The molecule has 0 atom stereocenters. The average molecular weight is 417 g/mol. The number of imidazole rings is 1. The summed E-state index contributed by atoms with van der Waals surface area (Å²) in [5, 5.41) is 4.74. The molecule has 30 heavy (non-hydrogen) atoms. The zero-order valence-electron chi connectivity index (χ0n) is 16.7. The first-order valence-electron chi connectivity index (χ1n) is 9.25. The Morgan fingerprint density at radius 2 is 1.87 bits per heavy atom. The lowest BCUT2D eigenvalue weighted by Gasteiger charge is -2.25. The summed E-state index contributed by atoms with van der Waals surface area (Å²) in [4.78, 5) is 23.7. The predicted octanol–water partition coefficient (Wildman–Crippen LogP) is 4.66. The van der Waals surface area contributed by atoms with Crippen LogP contribution in [-0.4, -0.2) is 31.3 Å². The van der Waals surface area contributed by atoms with Crippen molar-refractivity contribution in [1.82, 2.24) is 19.6 Å². The molecule has 3 heterocycles. The molecule has 4 aromatic rings. The molecule has 0 unspecified atom stereocenters. The smallest absolute Gasteiger partial charge is 0.421 e. The molecule has 0 saturated carbocycles. The Hall–Kier alpha value is -3.70. The Balaban J connectivity index is 1.65. The minimum atomic E-state index is -0.625. The second kappa shape index (κ2) is 7.97. The number of anilines is 2. The van der Waals surface area contributed by atoms with E-state index < -0.39 is 11.7 Å². The average Bonchev–Trinajstić information content (AvgIpc) is 3.33. The minimum Gasteiger partial charge on any atom is -0.443 e. The van der Waals surface area contributed by atoms with Crippen molar-refractivity contribution in [2.75, 3.05) is 4.90 Å². The summed E-state index contributed by atoms with van der Waals surface area (Å²) in [6.07, 6.45) is 4.51. The van der Waals surface area contributed by atoms with Crippen LogP contribution in [0.1, 0.15) is 31.3 Å². The van der Waals surface area contributed by atoms with Crippen LogP contribution in [-0.2, 0) is 4.74 Å². The van der Waals surface area contributed by atoms with Gasteiger partial charge in [-0.25, -0.2) is 24.2 Å². The number of hydrogen-bond donors (Lipinski definition) is 0. The van der Waals surface area contributed by atoms with Crippen molar-refractivity contribution in [3.05, 3.63) is 71.6 Å². The van der Waals surface area contributed by atoms with Gasteiger partial charge in [0.15, 0.2) is 5.65 Å². The van der Waals surface area contributed by atoms with Crippen LogP contribution in [0, 0.1) is 11.8 Å². The van der Waals surface area contributed by atoms with Gasteiger partial charge in [-0.2, -0.15) is 5.10 Å². The first-order valence-corrected chi connectivity index (χ1v) is 10.1. The fraction of sp³-hybridized carbons (Fsp3) is 0.182. The van der Waals surface area contributed by atoms with E-state index in [0.717, 1.165) is 5.65 Å². The molecule has 150 valence electrons. The molecular formula is C22H19N5O2S. The fourth-order valence-electron chi connectivity index (χ4n) is 2.64. The van der Waals surface area contributed by atoms with E-state index in [2.05, 4.69) is 26.9 Å². The van der Waals surface area contributed by atoms with E-state index in [1.807, 2.05) is 63.2 Å². The van der Waals surface area contributed by atoms with Crippen LogP contribution < -0.4 is 4.90 Å². The van der Waals surface area contributed by atoms with Gasteiger partial charge in [0.2, 0.25) is 5.13 Å². The largest absolute Gasteiger partial charge is 0.443 e. The van der Waals surface area contributed by atoms with Gasteiger partial charge in [0.25, 0.3) is 0 Å². The quantitative estimate of drug-likeness (QED) is 0.444. The number of amides is 1. The molecule has 1 amide bonds. The minimum absolute atomic E-state index is 0.482. The number of hydrogen-bond acceptors (Lipinski definition) is 6. The lowest BCUT2D eigenvalue weighted by molar-refractivity contribution is 0.0599. The summed E-state index contributed by atoms with van der Waals surface area (Å²) < 4.78 is 7.26. The summed E-state index contributed by atoms with van der Waals surface area (Å²) >= 11 is 1.31. The van der Waals surface area contributed by atoms with Crippen LogP contribution >= 0.6 is 11.3 Å². The van der Waals surface area contributed by atoms with Crippen LogP contribution in [0.2, 0.25) is 0 Å². The molecule has 0 bridgehead atoms. The zero-order valence-corrected chi connectivity index (χ0v) is 17.6. The second-order valence-electron chi connectivity index (χ2n) is 7.35. The van der Waals surface area contributed by atoms with Crippen LogP contribution in [0.4, 0.5) is 15.6 Å². The maximum Gasteiger partial charge on any atom is 0.421 e.